The predicted molar refractivity (Wildman–Crippen MR) is 97.5 cm³/mol. The Bertz CT molecular complexity index is 1030. The molecular weight excluding hydrogens is 387 g/mol. The summed E-state index contributed by atoms with van der Waals surface area (Å²) < 4.78 is 49.1. The molecular formula is C20H18F3N3O3. The van der Waals surface area contributed by atoms with Crippen molar-refractivity contribution in [2.45, 2.75) is 24.7 Å². The summed E-state index contributed by atoms with van der Waals surface area (Å²) >= 11 is 0. The van der Waals surface area contributed by atoms with Crippen LogP contribution in [0, 0.1) is 0 Å². The molecule has 1 saturated heterocycles. The largest absolute Gasteiger partial charge is 0.573 e. The monoisotopic (exact) mass is 405 g/mol. The average molecular weight is 405 g/mol. The molecule has 3 aromatic rings. The van der Waals surface area contributed by atoms with Gasteiger partial charge in [-0.1, -0.05) is 18.2 Å². The standard InChI is InChI=1S/C20H18F3N3O3/c21-20(22,23)29-15-4-1-3-14(13-15)19(7-11-28-12-8-19)25-18(27)16-5-2-6-17-24-9-10-26(16)17/h1-6,9-10,13H,7-8,11-12H2,(H,25,27). The maximum absolute atomic E-state index is 13.1. The van der Waals surface area contributed by atoms with Gasteiger partial charge in [-0.2, -0.15) is 0 Å². The van der Waals surface area contributed by atoms with Crippen molar-refractivity contribution in [2.24, 2.45) is 0 Å². The first-order chi connectivity index (χ1) is 13.9. The number of hydrogen-bond donors (Lipinski definition) is 1. The Morgan fingerprint density at radius 3 is 2.69 bits per heavy atom. The Morgan fingerprint density at radius 2 is 1.93 bits per heavy atom. The van der Waals surface area contributed by atoms with Crippen LogP contribution in [0.5, 0.6) is 5.75 Å². The second-order valence-electron chi connectivity index (χ2n) is 6.79. The number of carbonyl (C=O) groups excluding carboxylic acids is 1. The molecule has 0 bridgehead atoms. The van der Waals surface area contributed by atoms with E-state index in [2.05, 4.69) is 15.0 Å². The molecule has 9 heteroatoms. The summed E-state index contributed by atoms with van der Waals surface area (Å²) in [6, 6.07) is 10.9. The van der Waals surface area contributed by atoms with E-state index in [1.807, 2.05) is 0 Å². The van der Waals surface area contributed by atoms with Crippen LogP contribution in [0.4, 0.5) is 13.2 Å². The number of hydrogen-bond acceptors (Lipinski definition) is 4. The van der Waals surface area contributed by atoms with Gasteiger partial charge < -0.3 is 14.8 Å². The number of alkyl halides is 3. The Labute approximate surface area is 164 Å². The van der Waals surface area contributed by atoms with Gasteiger partial charge >= 0.3 is 6.36 Å². The van der Waals surface area contributed by atoms with Gasteiger partial charge in [-0.05, 0) is 42.7 Å². The highest BCUT2D eigenvalue weighted by Gasteiger charge is 2.38. The van der Waals surface area contributed by atoms with Gasteiger partial charge in [0.25, 0.3) is 5.91 Å². The van der Waals surface area contributed by atoms with Gasteiger partial charge in [0.05, 0.1) is 5.54 Å². The van der Waals surface area contributed by atoms with E-state index < -0.39 is 11.9 Å². The fraction of sp³-hybridized carbons (Fsp3) is 0.300. The van der Waals surface area contributed by atoms with Crippen LogP contribution in [0.1, 0.15) is 28.9 Å². The molecule has 0 unspecified atom stereocenters. The molecule has 1 amide bonds. The average Bonchev–Trinajstić information content (AvgIpc) is 3.16. The third kappa shape index (κ3) is 4.04. The molecule has 0 radical (unpaired) electrons. The van der Waals surface area contributed by atoms with Crippen molar-refractivity contribution >= 4 is 11.6 Å². The van der Waals surface area contributed by atoms with Gasteiger partial charge in [-0.3, -0.25) is 9.20 Å². The minimum atomic E-state index is -4.79. The van der Waals surface area contributed by atoms with Crippen molar-refractivity contribution in [3.63, 3.8) is 0 Å². The number of nitrogens with zero attached hydrogens (tertiary/aromatic N) is 2. The van der Waals surface area contributed by atoms with Crippen LogP contribution in [0.2, 0.25) is 0 Å². The van der Waals surface area contributed by atoms with E-state index in [9.17, 15) is 18.0 Å². The third-order valence-electron chi connectivity index (χ3n) is 4.98. The number of benzene rings is 1. The fourth-order valence-electron chi connectivity index (χ4n) is 3.61. The molecule has 1 aliphatic heterocycles. The lowest BCUT2D eigenvalue weighted by molar-refractivity contribution is -0.274. The third-order valence-corrected chi connectivity index (χ3v) is 4.98. The molecule has 3 heterocycles. The number of pyridine rings is 1. The molecule has 2 aromatic heterocycles. The zero-order valence-electron chi connectivity index (χ0n) is 15.3. The first kappa shape index (κ1) is 19.3. The molecule has 6 nitrogen and oxygen atoms in total. The fourth-order valence-corrected chi connectivity index (χ4v) is 3.61. The van der Waals surface area contributed by atoms with Crippen LogP contribution in [0.15, 0.2) is 54.9 Å². The summed E-state index contributed by atoms with van der Waals surface area (Å²) in [7, 11) is 0. The highest BCUT2D eigenvalue weighted by molar-refractivity contribution is 5.93. The molecule has 1 N–H and O–H groups in total. The van der Waals surface area contributed by atoms with Gasteiger partial charge in [0.15, 0.2) is 0 Å². The highest BCUT2D eigenvalue weighted by Crippen LogP contribution is 2.35. The minimum absolute atomic E-state index is 0.327. The molecule has 29 heavy (non-hydrogen) atoms. The smallest absolute Gasteiger partial charge is 0.406 e. The minimum Gasteiger partial charge on any atom is -0.406 e. The van der Waals surface area contributed by atoms with Gasteiger partial charge in [0.1, 0.15) is 17.1 Å². The van der Waals surface area contributed by atoms with Crippen LogP contribution in [0.3, 0.4) is 0 Å². The second-order valence-corrected chi connectivity index (χ2v) is 6.79. The highest BCUT2D eigenvalue weighted by atomic mass is 19.4. The molecule has 1 fully saturated rings. The molecule has 0 aliphatic carbocycles. The van der Waals surface area contributed by atoms with E-state index in [1.54, 1.807) is 41.1 Å². The second kappa shape index (κ2) is 7.40. The quantitative estimate of drug-likeness (QED) is 0.720. The lowest BCUT2D eigenvalue weighted by atomic mass is 9.82. The number of rotatable bonds is 4. The Balaban J connectivity index is 1.68. The Hall–Kier alpha value is -3.07. The maximum atomic E-state index is 13.1. The van der Waals surface area contributed by atoms with E-state index in [1.165, 1.54) is 18.2 Å². The van der Waals surface area contributed by atoms with Crippen molar-refractivity contribution in [1.29, 1.82) is 0 Å². The topological polar surface area (TPSA) is 64.9 Å². The van der Waals surface area contributed by atoms with E-state index in [4.69, 9.17) is 4.74 Å². The summed E-state index contributed by atoms with van der Waals surface area (Å²) in [4.78, 5) is 17.3. The van der Waals surface area contributed by atoms with Crippen molar-refractivity contribution in [1.82, 2.24) is 14.7 Å². The van der Waals surface area contributed by atoms with Gasteiger partial charge in [0, 0.05) is 25.6 Å². The molecule has 152 valence electrons. The molecule has 0 atom stereocenters. The summed E-state index contributed by atoms with van der Waals surface area (Å²) in [6.45, 7) is 0.750. The maximum Gasteiger partial charge on any atom is 0.573 e. The molecule has 1 aromatic carbocycles. The van der Waals surface area contributed by atoms with Crippen LogP contribution < -0.4 is 10.1 Å². The van der Waals surface area contributed by atoms with Gasteiger partial charge in [-0.25, -0.2) is 4.98 Å². The van der Waals surface area contributed by atoms with Crippen molar-refractivity contribution in [3.8, 4) is 5.75 Å². The first-order valence-corrected chi connectivity index (χ1v) is 9.05. The lowest BCUT2D eigenvalue weighted by Gasteiger charge is -2.38. The summed E-state index contributed by atoms with van der Waals surface area (Å²) in [5.74, 6) is -0.676. The number of aromatic nitrogens is 2. The number of fused-ring (bicyclic) bond motifs is 1. The van der Waals surface area contributed by atoms with Crippen LogP contribution >= 0.6 is 0 Å². The van der Waals surface area contributed by atoms with Crippen LogP contribution in [-0.4, -0.2) is 34.9 Å². The Kier molecular flexibility index (Phi) is 4.91. The number of carbonyl (C=O) groups is 1. The molecule has 4 rings (SSSR count). The van der Waals surface area contributed by atoms with Crippen molar-refractivity contribution < 1.29 is 27.4 Å². The van der Waals surface area contributed by atoms with Crippen LogP contribution in [0.25, 0.3) is 5.65 Å². The summed E-state index contributed by atoms with van der Waals surface area (Å²) in [6.07, 6.45) is -0.670. The van der Waals surface area contributed by atoms with E-state index in [0.717, 1.165) is 0 Å². The van der Waals surface area contributed by atoms with Crippen molar-refractivity contribution in [3.05, 3.63) is 66.1 Å². The first-order valence-electron chi connectivity index (χ1n) is 9.05. The molecule has 0 spiro atoms. The van der Waals surface area contributed by atoms with E-state index >= 15 is 0 Å². The van der Waals surface area contributed by atoms with Gasteiger partial charge in [0.2, 0.25) is 0 Å². The predicted octanol–water partition coefficient (Wildman–Crippen LogP) is 3.67. The Morgan fingerprint density at radius 1 is 1.17 bits per heavy atom. The van der Waals surface area contributed by atoms with Gasteiger partial charge in [-0.15, -0.1) is 13.2 Å². The number of nitrogens with one attached hydrogen (secondary N) is 1. The van der Waals surface area contributed by atoms with E-state index in [-0.39, 0.29) is 11.7 Å². The number of amides is 1. The van der Waals surface area contributed by atoms with Crippen molar-refractivity contribution in [2.75, 3.05) is 13.2 Å². The normalized spacial score (nSPS) is 16.5. The summed E-state index contributed by atoms with van der Waals surface area (Å²) in [5.41, 5.74) is 0.671. The molecule has 0 saturated carbocycles. The number of halogens is 3. The zero-order valence-corrected chi connectivity index (χ0v) is 15.3. The molecule has 1 aliphatic rings. The lowest BCUT2D eigenvalue weighted by Crippen LogP contribution is -2.49. The summed E-state index contributed by atoms with van der Waals surface area (Å²) in [5, 5.41) is 3.03. The SMILES string of the molecule is O=C(NC1(c2cccc(OC(F)(F)F)c2)CCOCC1)c1cccc2nccn12. The number of ether oxygens (including phenoxy) is 2. The zero-order chi connectivity index (χ0) is 20.5. The van der Waals surface area contributed by atoms with Crippen LogP contribution in [-0.2, 0) is 10.3 Å². The van der Waals surface area contributed by atoms with E-state index in [0.29, 0.717) is 43.0 Å². The number of imidazole rings is 1.